The van der Waals surface area contributed by atoms with Crippen LogP contribution in [0.1, 0.15) is 71.5 Å². The van der Waals surface area contributed by atoms with E-state index >= 15 is 0 Å². The monoisotopic (exact) mass is 404 g/mol. The van der Waals surface area contributed by atoms with Crippen molar-refractivity contribution in [1.29, 1.82) is 0 Å². The lowest BCUT2D eigenvalue weighted by molar-refractivity contribution is -0.149. The van der Waals surface area contributed by atoms with Crippen LogP contribution in [0.15, 0.2) is 22.8 Å². The van der Waals surface area contributed by atoms with E-state index in [1.165, 1.54) is 6.42 Å². The summed E-state index contributed by atoms with van der Waals surface area (Å²) in [6.45, 7) is 7.83. The second-order valence-electron chi connectivity index (χ2n) is 9.42. The molecule has 1 aromatic heterocycles. The molecular formula is C23H36N2O4. The summed E-state index contributed by atoms with van der Waals surface area (Å²) in [4.78, 5) is 30.2. The molecule has 3 rings (SSSR count). The number of ether oxygens (including phenoxy) is 1. The summed E-state index contributed by atoms with van der Waals surface area (Å²) in [6, 6.07) is 3.71. The second-order valence-corrected chi connectivity index (χ2v) is 9.42. The van der Waals surface area contributed by atoms with Crippen LogP contribution in [0.5, 0.6) is 0 Å². The van der Waals surface area contributed by atoms with Gasteiger partial charge >= 0.3 is 0 Å². The quantitative estimate of drug-likeness (QED) is 0.689. The minimum absolute atomic E-state index is 0.0454. The number of amides is 2. The fourth-order valence-corrected chi connectivity index (χ4v) is 4.33. The molecule has 1 saturated carbocycles. The van der Waals surface area contributed by atoms with Gasteiger partial charge in [-0.1, -0.05) is 19.3 Å². The van der Waals surface area contributed by atoms with Gasteiger partial charge in [0, 0.05) is 24.6 Å². The van der Waals surface area contributed by atoms with E-state index in [0.717, 1.165) is 50.9 Å². The van der Waals surface area contributed by atoms with Crippen LogP contribution in [0, 0.1) is 5.92 Å². The molecule has 6 nitrogen and oxygen atoms in total. The Morgan fingerprint density at radius 3 is 2.45 bits per heavy atom. The minimum atomic E-state index is -0.398. The van der Waals surface area contributed by atoms with Gasteiger partial charge in [0.15, 0.2) is 0 Å². The summed E-state index contributed by atoms with van der Waals surface area (Å²) in [5.41, 5.74) is -0.398. The molecule has 1 aliphatic heterocycles. The Morgan fingerprint density at radius 1 is 1.10 bits per heavy atom. The van der Waals surface area contributed by atoms with E-state index in [4.69, 9.17) is 9.15 Å². The first-order valence-corrected chi connectivity index (χ1v) is 11.1. The van der Waals surface area contributed by atoms with Crippen LogP contribution in [-0.4, -0.2) is 53.0 Å². The van der Waals surface area contributed by atoms with Crippen LogP contribution in [0.4, 0.5) is 0 Å². The molecule has 6 heteroatoms. The van der Waals surface area contributed by atoms with E-state index in [2.05, 4.69) is 0 Å². The van der Waals surface area contributed by atoms with Gasteiger partial charge in [-0.3, -0.25) is 9.59 Å². The third-order valence-electron chi connectivity index (χ3n) is 6.05. The van der Waals surface area contributed by atoms with Crippen LogP contribution in [0.25, 0.3) is 0 Å². The van der Waals surface area contributed by atoms with E-state index in [-0.39, 0.29) is 30.4 Å². The summed E-state index contributed by atoms with van der Waals surface area (Å²) in [5, 5.41) is 0. The van der Waals surface area contributed by atoms with Gasteiger partial charge < -0.3 is 19.0 Å². The molecule has 1 aromatic rings. The summed E-state index contributed by atoms with van der Waals surface area (Å²) >= 11 is 0. The van der Waals surface area contributed by atoms with Gasteiger partial charge in [0.25, 0.3) is 0 Å². The van der Waals surface area contributed by atoms with Gasteiger partial charge in [-0.15, -0.1) is 0 Å². The number of carbonyl (C=O) groups is 2. The van der Waals surface area contributed by atoms with E-state index in [9.17, 15) is 9.59 Å². The van der Waals surface area contributed by atoms with Crippen molar-refractivity contribution in [3.8, 4) is 0 Å². The largest absolute Gasteiger partial charge is 0.467 e. The molecule has 0 bridgehead atoms. The van der Waals surface area contributed by atoms with Gasteiger partial charge in [0.2, 0.25) is 11.8 Å². The zero-order chi connectivity index (χ0) is 20.9. The molecule has 2 fully saturated rings. The average molecular weight is 405 g/mol. The number of carbonyl (C=O) groups excluding carboxylic acids is 2. The highest BCUT2D eigenvalue weighted by Crippen LogP contribution is 2.28. The van der Waals surface area contributed by atoms with Crippen LogP contribution in [0.3, 0.4) is 0 Å². The maximum absolute atomic E-state index is 13.3. The highest BCUT2D eigenvalue weighted by Gasteiger charge is 2.35. The second kappa shape index (κ2) is 9.79. The maximum Gasteiger partial charge on any atom is 0.242 e. The minimum Gasteiger partial charge on any atom is -0.467 e. The lowest BCUT2D eigenvalue weighted by Gasteiger charge is -2.39. The molecule has 2 amide bonds. The van der Waals surface area contributed by atoms with Crippen molar-refractivity contribution < 1.29 is 18.7 Å². The summed E-state index contributed by atoms with van der Waals surface area (Å²) in [5.74, 6) is 0.876. The summed E-state index contributed by atoms with van der Waals surface area (Å²) in [7, 11) is 0. The van der Waals surface area contributed by atoms with Gasteiger partial charge in [-0.2, -0.15) is 0 Å². The number of rotatable bonds is 7. The van der Waals surface area contributed by atoms with Crippen LogP contribution < -0.4 is 0 Å². The number of nitrogens with zero attached hydrogens (tertiary/aromatic N) is 2. The average Bonchev–Trinajstić information content (AvgIpc) is 3.39. The molecule has 0 N–H and O–H groups in total. The molecule has 162 valence electrons. The Labute approximate surface area is 174 Å². The van der Waals surface area contributed by atoms with Crippen molar-refractivity contribution in [2.24, 2.45) is 5.92 Å². The topological polar surface area (TPSA) is 63.0 Å². The van der Waals surface area contributed by atoms with Crippen LogP contribution in [0.2, 0.25) is 0 Å². The molecule has 1 aliphatic carbocycles. The molecule has 0 unspecified atom stereocenters. The Balaban J connectivity index is 1.71. The van der Waals surface area contributed by atoms with E-state index in [0.29, 0.717) is 13.1 Å². The molecule has 1 saturated heterocycles. The zero-order valence-corrected chi connectivity index (χ0v) is 18.2. The van der Waals surface area contributed by atoms with Crippen molar-refractivity contribution >= 4 is 11.8 Å². The molecule has 1 atom stereocenters. The van der Waals surface area contributed by atoms with Crippen LogP contribution in [-0.2, 0) is 20.9 Å². The normalized spacial score (nSPS) is 20.6. The molecule has 2 heterocycles. The van der Waals surface area contributed by atoms with Crippen molar-refractivity contribution in [2.45, 2.75) is 83.9 Å². The molecular weight excluding hydrogens is 368 g/mol. The first kappa shape index (κ1) is 21.9. The highest BCUT2D eigenvalue weighted by atomic mass is 16.5. The van der Waals surface area contributed by atoms with E-state index in [1.807, 2.05) is 32.9 Å². The fourth-order valence-electron chi connectivity index (χ4n) is 4.33. The number of hydrogen-bond acceptors (Lipinski definition) is 4. The van der Waals surface area contributed by atoms with Gasteiger partial charge in [0.05, 0.1) is 18.9 Å². The first-order chi connectivity index (χ1) is 13.8. The fraction of sp³-hybridized carbons (Fsp3) is 0.739. The Hall–Kier alpha value is -1.82. The van der Waals surface area contributed by atoms with Crippen molar-refractivity contribution in [3.05, 3.63) is 24.2 Å². The smallest absolute Gasteiger partial charge is 0.242 e. The zero-order valence-electron chi connectivity index (χ0n) is 18.2. The Morgan fingerprint density at radius 2 is 1.86 bits per heavy atom. The van der Waals surface area contributed by atoms with E-state index < -0.39 is 5.54 Å². The maximum atomic E-state index is 13.3. The summed E-state index contributed by atoms with van der Waals surface area (Å²) < 4.78 is 11.2. The molecule has 2 aliphatic rings. The van der Waals surface area contributed by atoms with Gasteiger partial charge in [-0.05, 0) is 58.6 Å². The lowest BCUT2D eigenvalue weighted by Crippen LogP contribution is -2.53. The highest BCUT2D eigenvalue weighted by molar-refractivity contribution is 5.86. The number of furan rings is 1. The van der Waals surface area contributed by atoms with Crippen LogP contribution >= 0.6 is 0 Å². The van der Waals surface area contributed by atoms with Crippen molar-refractivity contribution in [2.75, 3.05) is 19.7 Å². The van der Waals surface area contributed by atoms with Gasteiger partial charge in [-0.25, -0.2) is 0 Å². The molecule has 0 spiro atoms. The molecule has 0 aromatic carbocycles. The predicted molar refractivity (Wildman–Crippen MR) is 111 cm³/mol. The van der Waals surface area contributed by atoms with E-state index in [1.54, 1.807) is 16.1 Å². The predicted octanol–water partition coefficient (Wildman–Crippen LogP) is 3.99. The van der Waals surface area contributed by atoms with Crippen molar-refractivity contribution in [3.63, 3.8) is 0 Å². The third-order valence-corrected chi connectivity index (χ3v) is 6.05. The number of hydrogen-bond donors (Lipinski definition) is 0. The Kier molecular flexibility index (Phi) is 7.38. The third kappa shape index (κ3) is 6.08. The SMILES string of the molecule is CC(C)(C)N(CC(=O)N(Cc1ccco1)C[C@@H]1CCCO1)C(=O)C1CCCCC1. The lowest BCUT2D eigenvalue weighted by atomic mass is 9.87. The van der Waals surface area contributed by atoms with Gasteiger partial charge in [0.1, 0.15) is 12.3 Å². The first-order valence-electron chi connectivity index (χ1n) is 11.1. The molecule has 0 radical (unpaired) electrons. The standard InChI is InChI=1S/C23H36N2O4/c1-23(2,3)25(22(27)18-9-5-4-6-10-18)17-21(26)24(15-19-11-7-13-28-19)16-20-12-8-14-29-20/h7,11,13,18,20H,4-6,8-10,12,14-17H2,1-3H3/t20-/m0/s1. The van der Waals surface area contributed by atoms with Crippen molar-refractivity contribution in [1.82, 2.24) is 9.80 Å². The summed E-state index contributed by atoms with van der Waals surface area (Å²) in [6.07, 6.45) is 8.96. The molecule has 29 heavy (non-hydrogen) atoms. The Bertz CT molecular complexity index is 653.